The smallest absolute Gasteiger partial charge is 0.341 e. The molecule has 2 aromatic rings. The number of carbonyl (C=O) groups excluding carboxylic acids is 1. The number of halogens is 2. The van der Waals surface area contributed by atoms with Crippen LogP contribution in [0.3, 0.4) is 0 Å². The second-order valence-corrected chi connectivity index (χ2v) is 5.76. The van der Waals surface area contributed by atoms with Crippen molar-refractivity contribution in [1.29, 1.82) is 0 Å². The molecule has 0 aliphatic heterocycles. The summed E-state index contributed by atoms with van der Waals surface area (Å²) >= 11 is 5.85. The molecule has 0 radical (unpaired) electrons. The van der Waals surface area contributed by atoms with E-state index in [9.17, 15) is 9.18 Å². The van der Waals surface area contributed by atoms with E-state index >= 15 is 0 Å². The van der Waals surface area contributed by atoms with Gasteiger partial charge in [-0.05, 0) is 37.5 Å². The van der Waals surface area contributed by atoms with Crippen molar-refractivity contribution in [3.05, 3.63) is 52.6 Å². The van der Waals surface area contributed by atoms with Crippen LogP contribution in [0.4, 0.5) is 10.3 Å². The average molecular weight is 366 g/mol. The zero-order chi connectivity index (χ0) is 18.4. The minimum absolute atomic E-state index is 0.0918. The predicted molar refractivity (Wildman–Crippen MR) is 95.3 cm³/mol. The largest absolute Gasteiger partial charge is 0.462 e. The number of esters is 1. The Morgan fingerprint density at radius 2 is 1.96 bits per heavy atom. The Morgan fingerprint density at radius 1 is 1.32 bits per heavy atom. The van der Waals surface area contributed by atoms with E-state index in [0.29, 0.717) is 18.1 Å². The third-order valence-electron chi connectivity index (χ3n) is 3.74. The number of benzene rings is 1. The highest BCUT2D eigenvalue weighted by molar-refractivity contribution is 6.30. The SMILES string of the molecule is CC.CCOC(=O)c1cnc(NC2(c3ccc(F)c(Cl)c3)CC2)nc1. The van der Waals surface area contributed by atoms with Gasteiger partial charge in [-0.15, -0.1) is 0 Å². The lowest BCUT2D eigenvalue weighted by Gasteiger charge is -2.18. The Morgan fingerprint density at radius 3 is 2.48 bits per heavy atom. The van der Waals surface area contributed by atoms with E-state index < -0.39 is 11.8 Å². The first-order valence-corrected chi connectivity index (χ1v) is 8.65. The Bertz CT molecular complexity index is 734. The van der Waals surface area contributed by atoms with Crippen molar-refractivity contribution >= 4 is 23.5 Å². The van der Waals surface area contributed by atoms with E-state index in [1.165, 1.54) is 18.5 Å². The molecule has 0 atom stereocenters. The van der Waals surface area contributed by atoms with Gasteiger partial charge in [-0.3, -0.25) is 0 Å². The molecule has 1 aliphatic carbocycles. The summed E-state index contributed by atoms with van der Waals surface area (Å²) in [7, 11) is 0. The van der Waals surface area contributed by atoms with Crippen LogP contribution in [0.25, 0.3) is 0 Å². The second kappa shape index (κ2) is 8.25. The van der Waals surface area contributed by atoms with Gasteiger partial charge < -0.3 is 10.1 Å². The fraction of sp³-hybridized carbons (Fsp3) is 0.389. The molecule has 0 unspecified atom stereocenters. The van der Waals surface area contributed by atoms with E-state index in [1.807, 2.05) is 13.8 Å². The van der Waals surface area contributed by atoms with Crippen LogP contribution in [0.1, 0.15) is 49.5 Å². The predicted octanol–water partition coefficient (Wildman–Crippen LogP) is 4.57. The first-order valence-electron chi connectivity index (χ1n) is 8.27. The van der Waals surface area contributed by atoms with Gasteiger partial charge in [0.15, 0.2) is 0 Å². The van der Waals surface area contributed by atoms with Crippen molar-refractivity contribution < 1.29 is 13.9 Å². The molecule has 0 amide bonds. The maximum Gasteiger partial charge on any atom is 0.341 e. The minimum atomic E-state index is -0.453. The van der Waals surface area contributed by atoms with Gasteiger partial charge in [0.05, 0.1) is 22.7 Å². The summed E-state index contributed by atoms with van der Waals surface area (Å²) < 4.78 is 18.2. The van der Waals surface area contributed by atoms with Crippen LogP contribution >= 0.6 is 11.6 Å². The van der Waals surface area contributed by atoms with Crippen molar-refractivity contribution in [3.8, 4) is 0 Å². The van der Waals surface area contributed by atoms with E-state index in [1.54, 1.807) is 19.1 Å². The van der Waals surface area contributed by atoms with Crippen molar-refractivity contribution in [2.45, 2.75) is 39.2 Å². The summed E-state index contributed by atoms with van der Waals surface area (Å²) in [5, 5.41) is 3.33. The van der Waals surface area contributed by atoms with E-state index in [-0.39, 0.29) is 10.6 Å². The molecule has 1 fully saturated rings. The lowest BCUT2D eigenvalue weighted by atomic mass is 10.1. The molecule has 3 rings (SSSR count). The zero-order valence-electron chi connectivity index (χ0n) is 14.5. The van der Waals surface area contributed by atoms with Gasteiger partial charge in [0.1, 0.15) is 5.82 Å². The van der Waals surface area contributed by atoms with Crippen LogP contribution in [-0.2, 0) is 10.3 Å². The molecular formula is C18H21ClFN3O2. The highest BCUT2D eigenvalue weighted by Crippen LogP contribution is 2.48. The van der Waals surface area contributed by atoms with Crippen LogP contribution in [0.2, 0.25) is 5.02 Å². The Kier molecular flexibility index (Phi) is 6.31. The van der Waals surface area contributed by atoms with E-state index in [0.717, 1.165) is 18.4 Å². The maximum absolute atomic E-state index is 13.3. The number of nitrogens with one attached hydrogen (secondary N) is 1. The summed E-state index contributed by atoms with van der Waals surface area (Å²) in [6, 6.07) is 4.67. The van der Waals surface area contributed by atoms with Crippen LogP contribution in [-0.4, -0.2) is 22.5 Å². The molecule has 134 valence electrons. The quantitative estimate of drug-likeness (QED) is 0.786. The molecule has 1 heterocycles. The first-order chi connectivity index (χ1) is 12.0. The van der Waals surface area contributed by atoms with Gasteiger partial charge in [0.25, 0.3) is 0 Å². The van der Waals surface area contributed by atoms with Crippen molar-refractivity contribution in [1.82, 2.24) is 9.97 Å². The fourth-order valence-electron chi connectivity index (χ4n) is 2.33. The fourth-order valence-corrected chi connectivity index (χ4v) is 2.51. The lowest BCUT2D eigenvalue weighted by molar-refractivity contribution is 0.0525. The zero-order valence-corrected chi connectivity index (χ0v) is 15.2. The molecular weight excluding hydrogens is 345 g/mol. The van der Waals surface area contributed by atoms with Crippen LogP contribution in [0.5, 0.6) is 0 Å². The summed E-state index contributed by atoms with van der Waals surface area (Å²) in [6.07, 6.45) is 4.58. The summed E-state index contributed by atoms with van der Waals surface area (Å²) in [4.78, 5) is 19.9. The highest BCUT2D eigenvalue weighted by atomic mass is 35.5. The normalized spacial score (nSPS) is 14.1. The standard InChI is InChI=1S/C16H15ClFN3O2.C2H6/c1-2-23-14(22)10-8-19-15(20-9-10)21-16(5-6-16)11-3-4-13(18)12(17)7-11;1-2/h3-4,7-9H,2,5-6H2,1H3,(H,19,20,21);1-2H3. The monoisotopic (exact) mass is 365 g/mol. The lowest BCUT2D eigenvalue weighted by Crippen LogP contribution is -2.20. The number of carbonyl (C=O) groups is 1. The van der Waals surface area contributed by atoms with E-state index in [2.05, 4.69) is 15.3 Å². The first kappa shape index (κ1) is 19.1. The number of hydrogen-bond donors (Lipinski definition) is 1. The van der Waals surface area contributed by atoms with Crippen LogP contribution in [0.15, 0.2) is 30.6 Å². The van der Waals surface area contributed by atoms with E-state index in [4.69, 9.17) is 16.3 Å². The number of rotatable bonds is 5. The number of ether oxygens (including phenoxy) is 1. The highest BCUT2D eigenvalue weighted by Gasteiger charge is 2.45. The Hall–Kier alpha value is -2.21. The Balaban J connectivity index is 0.00000109. The summed E-state index contributed by atoms with van der Waals surface area (Å²) in [6.45, 7) is 6.03. The molecule has 1 aliphatic rings. The van der Waals surface area contributed by atoms with Crippen LogP contribution < -0.4 is 5.32 Å². The molecule has 1 saturated carbocycles. The molecule has 25 heavy (non-hydrogen) atoms. The minimum Gasteiger partial charge on any atom is -0.462 e. The maximum atomic E-state index is 13.3. The number of hydrogen-bond acceptors (Lipinski definition) is 5. The molecule has 1 N–H and O–H groups in total. The molecule has 0 spiro atoms. The average Bonchev–Trinajstić information content (AvgIpc) is 3.40. The topological polar surface area (TPSA) is 64.1 Å². The van der Waals surface area contributed by atoms with Crippen LogP contribution in [0, 0.1) is 5.82 Å². The number of nitrogens with zero attached hydrogens (tertiary/aromatic N) is 2. The van der Waals surface area contributed by atoms with Gasteiger partial charge in [-0.1, -0.05) is 31.5 Å². The van der Waals surface area contributed by atoms with Gasteiger partial charge in [-0.25, -0.2) is 19.2 Å². The number of anilines is 1. The molecule has 1 aromatic heterocycles. The molecule has 7 heteroatoms. The number of aromatic nitrogens is 2. The third kappa shape index (κ3) is 4.45. The van der Waals surface area contributed by atoms with Gasteiger partial charge in [-0.2, -0.15) is 0 Å². The van der Waals surface area contributed by atoms with Crippen molar-refractivity contribution in [2.24, 2.45) is 0 Å². The molecule has 1 aromatic carbocycles. The van der Waals surface area contributed by atoms with Gasteiger partial charge >= 0.3 is 5.97 Å². The van der Waals surface area contributed by atoms with Crippen molar-refractivity contribution in [2.75, 3.05) is 11.9 Å². The second-order valence-electron chi connectivity index (χ2n) is 5.35. The summed E-state index contributed by atoms with van der Waals surface area (Å²) in [5.74, 6) is -0.497. The molecule has 0 saturated heterocycles. The molecule has 5 nitrogen and oxygen atoms in total. The molecule has 0 bridgehead atoms. The third-order valence-corrected chi connectivity index (χ3v) is 4.03. The van der Waals surface area contributed by atoms with Gasteiger partial charge in [0, 0.05) is 12.4 Å². The van der Waals surface area contributed by atoms with Crippen molar-refractivity contribution in [3.63, 3.8) is 0 Å². The Labute approximate surface area is 151 Å². The van der Waals surface area contributed by atoms with Gasteiger partial charge in [0.2, 0.25) is 5.95 Å². The summed E-state index contributed by atoms with van der Waals surface area (Å²) in [5.41, 5.74) is 0.858.